The van der Waals surface area contributed by atoms with Crippen molar-refractivity contribution in [1.29, 1.82) is 0 Å². The molecular weight excluding hydrogens is 346 g/mol. The predicted octanol–water partition coefficient (Wildman–Crippen LogP) is 5.12. The molecule has 0 bridgehead atoms. The van der Waals surface area contributed by atoms with Gasteiger partial charge in [-0.05, 0) is 48.6 Å². The molecule has 0 aliphatic carbocycles. The molecule has 2 aromatic rings. The lowest BCUT2D eigenvalue weighted by molar-refractivity contribution is -0.120. The first-order valence-corrected chi connectivity index (χ1v) is 9.92. The third-order valence-corrected chi connectivity index (χ3v) is 5.43. The molecule has 0 saturated carbocycles. The second-order valence-corrected chi connectivity index (χ2v) is 7.69. The molecule has 0 unspecified atom stereocenters. The lowest BCUT2D eigenvalue weighted by Gasteiger charge is -2.05. The molecular formula is C18H20ClNOS2. The SMILES string of the molecule is O=C(CCCSc1ccc(Cl)cc1)NCCSc1ccccc1. The van der Waals surface area contributed by atoms with Gasteiger partial charge in [0.2, 0.25) is 5.91 Å². The molecule has 2 rings (SSSR count). The first-order chi connectivity index (χ1) is 11.2. The maximum Gasteiger partial charge on any atom is 0.220 e. The van der Waals surface area contributed by atoms with E-state index >= 15 is 0 Å². The van der Waals surface area contributed by atoms with Gasteiger partial charge in [-0.3, -0.25) is 4.79 Å². The molecule has 0 aliphatic heterocycles. The average Bonchev–Trinajstić information content (AvgIpc) is 2.58. The quantitative estimate of drug-likeness (QED) is 0.494. The maximum atomic E-state index is 11.8. The highest BCUT2D eigenvalue weighted by molar-refractivity contribution is 7.99. The van der Waals surface area contributed by atoms with Crippen LogP contribution in [-0.2, 0) is 4.79 Å². The molecule has 122 valence electrons. The lowest BCUT2D eigenvalue weighted by atomic mass is 10.3. The Hall–Kier alpha value is -1.10. The minimum absolute atomic E-state index is 0.135. The summed E-state index contributed by atoms with van der Waals surface area (Å²) in [6.45, 7) is 0.711. The average molecular weight is 366 g/mol. The number of thioether (sulfide) groups is 2. The van der Waals surface area contributed by atoms with Gasteiger partial charge >= 0.3 is 0 Å². The Balaban J connectivity index is 1.51. The van der Waals surface area contributed by atoms with Crippen LogP contribution in [0.25, 0.3) is 0 Å². The molecule has 0 saturated heterocycles. The highest BCUT2D eigenvalue weighted by atomic mass is 35.5. The van der Waals surface area contributed by atoms with Crippen molar-refractivity contribution in [2.75, 3.05) is 18.1 Å². The van der Waals surface area contributed by atoms with E-state index < -0.39 is 0 Å². The van der Waals surface area contributed by atoms with Gasteiger partial charge < -0.3 is 5.32 Å². The minimum Gasteiger partial charge on any atom is -0.355 e. The summed E-state index contributed by atoms with van der Waals surface area (Å²) in [5, 5.41) is 3.72. The Morgan fingerprint density at radius 3 is 2.30 bits per heavy atom. The highest BCUT2D eigenvalue weighted by Crippen LogP contribution is 2.21. The fourth-order valence-corrected chi connectivity index (χ4v) is 3.69. The van der Waals surface area contributed by atoms with Crippen LogP contribution in [0.4, 0.5) is 0 Å². The van der Waals surface area contributed by atoms with Crippen LogP contribution in [-0.4, -0.2) is 24.0 Å². The van der Waals surface area contributed by atoms with Gasteiger partial charge in [-0.1, -0.05) is 29.8 Å². The van der Waals surface area contributed by atoms with E-state index in [9.17, 15) is 4.79 Å². The van der Waals surface area contributed by atoms with Crippen LogP contribution >= 0.6 is 35.1 Å². The molecule has 1 N–H and O–H groups in total. The first kappa shape index (κ1) is 18.2. The van der Waals surface area contributed by atoms with Gasteiger partial charge in [0.1, 0.15) is 0 Å². The number of amides is 1. The van der Waals surface area contributed by atoms with E-state index in [1.165, 1.54) is 9.79 Å². The molecule has 0 atom stereocenters. The van der Waals surface area contributed by atoms with Gasteiger partial charge in [0.05, 0.1) is 0 Å². The second-order valence-electron chi connectivity index (χ2n) is 4.92. The molecule has 5 heteroatoms. The summed E-state index contributed by atoms with van der Waals surface area (Å²) >= 11 is 9.36. The molecule has 2 aromatic carbocycles. The zero-order valence-corrected chi connectivity index (χ0v) is 15.2. The van der Waals surface area contributed by atoms with Gasteiger partial charge in [0.25, 0.3) is 0 Å². The van der Waals surface area contributed by atoms with Gasteiger partial charge in [-0.25, -0.2) is 0 Å². The van der Waals surface area contributed by atoms with Crippen molar-refractivity contribution in [3.63, 3.8) is 0 Å². The summed E-state index contributed by atoms with van der Waals surface area (Å²) in [5.41, 5.74) is 0. The second kappa shape index (κ2) is 10.6. The highest BCUT2D eigenvalue weighted by Gasteiger charge is 2.01. The van der Waals surface area contributed by atoms with Crippen LogP contribution in [0, 0.1) is 0 Å². The minimum atomic E-state index is 0.135. The molecule has 0 spiro atoms. The summed E-state index contributed by atoms with van der Waals surface area (Å²) in [7, 11) is 0. The summed E-state index contributed by atoms with van der Waals surface area (Å²) in [5.74, 6) is 1.97. The van der Waals surface area contributed by atoms with Crippen LogP contribution in [0.15, 0.2) is 64.4 Å². The van der Waals surface area contributed by atoms with Crippen LogP contribution in [0.2, 0.25) is 5.02 Å². The monoisotopic (exact) mass is 365 g/mol. The number of carbonyl (C=O) groups is 1. The molecule has 0 fully saturated rings. The van der Waals surface area contributed by atoms with Crippen molar-refractivity contribution < 1.29 is 4.79 Å². The lowest BCUT2D eigenvalue weighted by Crippen LogP contribution is -2.25. The Morgan fingerprint density at radius 2 is 1.57 bits per heavy atom. The van der Waals surface area contributed by atoms with Crippen molar-refractivity contribution in [2.24, 2.45) is 0 Å². The van der Waals surface area contributed by atoms with E-state index in [0.29, 0.717) is 13.0 Å². The Bertz CT molecular complexity index is 590. The fraction of sp³-hybridized carbons (Fsp3) is 0.278. The van der Waals surface area contributed by atoms with Crippen molar-refractivity contribution in [1.82, 2.24) is 5.32 Å². The molecule has 0 heterocycles. The van der Waals surface area contributed by atoms with E-state index in [2.05, 4.69) is 17.4 Å². The third-order valence-electron chi connectivity index (χ3n) is 3.07. The smallest absolute Gasteiger partial charge is 0.220 e. The number of carbonyl (C=O) groups excluding carboxylic acids is 1. The van der Waals surface area contributed by atoms with Gasteiger partial charge in [0.15, 0.2) is 0 Å². The van der Waals surface area contributed by atoms with E-state index in [1.54, 1.807) is 23.5 Å². The fourth-order valence-electron chi connectivity index (χ4n) is 1.92. The van der Waals surface area contributed by atoms with Crippen LogP contribution in [0.5, 0.6) is 0 Å². The van der Waals surface area contributed by atoms with Crippen LogP contribution in [0.1, 0.15) is 12.8 Å². The van der Waals surface area contributed by atoms with Crippen molar-refractivity contribution >= 4 is 41.0 Å². The predicted molar refractivity (Wildman–Crippen MR) is 102 cm³/mol. The summed E-state index contributed by atoms with van der Waals surface area (Å²) in [6.07, 6.45) is 1.46. The number of hydrogen-bond acceptors (Lipinski definition) is 3. The Kier molecular flexibility index (Phi) is 8.43. The number of nitrogens with one attached hydrogen (secondary N) is 1. The molecule has 0 aromatic heterocycles. The van der Waals surface area contributed by atoms with Gasteiger partial charge in [-0.15, -0.1) is 23.5 Å². The summed E-state index contributed by atoms with van der Waals surface area (Å²) in [4.78, 5) is 14.2. The van der Waals surface area contributed by atoms with Gasteiger partial charge in [0, 0.05) is 33.5 Å². The normalized spacial score (nSPS) is 10.5. The maximum absolute atomic E-state index is 11.8. The van der Waals surface area contributed by atoms with Crippen LogP contribution in [0.3, 0.4) is 0 Å². The molecule has 23 heavy (non-hydrogen) atoms. The van der Waals surface area contributed by atoms with Crippen LogP contribution < -0.4 is 5.32 Å². The van der Waals surface area contributed by atoms with E-state index in [0.717, 1.165) is 22.9 Å². The summed E-state index contributed by atoms with van der Waals surface area (Å²) in [6, 6.07) is 18.0. The Labute approximate surface area is 151 Å². The largest absolute Gasteiger partial charge is 0.355 e. The van der Waals surface area contributed by atoms with Crippen molar-refractivity contribution in [3.05, 3.63) is 59.6 Å². The number of rotatable bonds is 9. The zero-order chi connectivity index (χ0) is 16.3. The van der Waals surface area contributed by atoms with E-state index in [1.807, 2.05) is 42.5 Å². The molecule has 2 nitrogen and oxygen atoms in total. The topological polar surface area (TPSA) is 29.1 Å². The molecule has 0 radical (unpaired) electrons. The molecule has 1 amide bonds. The third kappa shape index (κ3) is 7.82. The van der Waals surface area contributed by atoms with Gasteiger partial charge in [-0.2, -0.15) is 0 Å². The molecule has 0 aliphatic rings. The summed E-state index contributed by atoms with van der Waals surface area (Å²) < 4.78 is 0. The van der Waals surface area contributed by atoms with E-state index in [4.69, 9.17) is 11.6 Å². The van der Waals surface area contributed by atoms with Crippen molar-refractivity contribution in [3.8, 4) is 0 Å². The van der Waals surface area contributed by atoms with E-state index in [-0.39, 0.29) is 5.91 Å². The number of hydrogen-bond donors (Lipinski definition) is 1. The number of halogens is 1. The Morgan fingerprint density at radius 1 is 0.913 bits per heavy atom. The number of benzene rings is 2. The zero-order valence-electron chi connectivity index (χ0n) is 12.8. The first-order valence-electron chi connectivity index (χ1n) is 7.57. The standard InChI is InChI=1S/C18H20ClNOS2/c19-15-8-10-17(11-9-15)22-13-4-7-18(21)20-12-14-23-16-5-2-1-3-6-16/h1-3,5-6,8-11H,4,7,12-14H2,(H,20,21). The van der Waals surface area contributed by atoms with Crippen molar-refractivity contribution in [2.45, 2.75) is 22.6 Å².